The van der Waals surface area contributed by atoms with Crippen molar-refractivity contribution in [3.63, 3.8) is 0 Å². The maximum Gasteiger partial charge on any atom is 0.272 e. The van der Waals surface area contributed by atoms with Crippen molar-refractivity contribution in [3.8, 4) is 11.5 Å². The fraction of sp³-hybridized carbons (Fsp3) is 0.200. The Labute approximate surface area is 121 Å². The standard InChI is InChI=1S/C15H14FNO4/c1-11-3-2-4-13(9-11)20-7-8-21-15-6-5-12(17(18)19)10-14(15)16/h2-6,9-10H,7-8H2,1H3. The third kappa shape index (κ3) is 4.17. The van der Waals surface area contributed by atoms with Crippen LogP contribution in [0.4, 0.5) is 10.1 Å². The molecule has 0 saturated heterocycles. The van der Waals surface area contributed by atoms with Gasteiger partial charge in [-0.25, -0.2) is 4.39 Å². The van der Waals surface area contributed by atoms with Crippen LogP contribution in [0, 0.1) is 22.9 Å². The molecule has 2 aromatic rings. The van der Waals surface area contributed by atoms with Gasteiger partial charge in [0.2, 0.25) is 0 Å². The van der Waals surface area contributed by atoms with Crippen LogP contribution in [0.3, 0.4) is 0 Å². The topological polar surface area (TPSA) is 61.6 Å². The van der Waals surface area contributed by atoms with E-state index in [4.69, 9.17) is 9.47 Å². The zero-order valence-electron chi connectivity index (χ0n) is 11.4. The van der Waals surface area contributed by atoms with Gasteiger partial charge in [-0.3, -0.25) is 10.1 Å². The zero-order chi connectivity index (χ0) is 15.2. The second-order valence-corrected chi connectivity index (χ2v) is 4.39. The third-order valence-electron chi connectivity index (χ3n) is 2.73. The van der Waals surface area contributed by atoms with Crippen molar-refractivity contribution in [2.75, 3.05) is 13.2 Å². The van der Waals surface area contributed by atoms with E-state index in [1.807, 2.05) is 31.2 Å². The summed E-state index contributed by atoms with van der Waals surface area (Å²) in [6.07, 6.45) is 0. The number of aryl methyl sites for hydroxylation is 1. The number of rotatable bonds is 6. The summed E-state index contributed by atoms with van der Waals surface area (Å²) >= 11 is 0. The second-order valence-electron chi connectivity index (χ2n) is 4.39. The van der Waals surface area contributed by atoms with Crippen LogP contribution in [-0.2, 0) is 0 Å². The summed E-state index contributed by atoms with van der Waals surface area (Å²) in [4.78, 5) is 9.83. The first kappa shape index (κ1) is 14.8. The first-order chi connectivity index (χ1) is 10.1. The van der Waals surface area contributed by atoms with Crippen LogP contribution in [0.1, 0.15) is 5.56 Å². The molecule has 2 rings (SSSR count). The Bertz CT molecular complexity index is 645. The molecule has 0 aliphatic rings. The van der Waals surface area contributed by atoms with Gasteiger partial charge in [0.05, 0.1) is 11.0 Å². The van der Waals surface area contributed by atoms with Crippen molar-refractivity contribution in [2.24, 2.45) is 0 Å². The van der Waals surface area contributed by atoms with E-state index in [1.54, 1.807) is 0 Å². The van der Waals surface area contributed by atoms with E-state index in [-0.39, 0.29) is 24.7 Å². The van der Waals surface area contributed by atoms with Crippen LogP contribution in [0.2, 0.25) is 0 Å². The van der Waals surface area contributed by atoms with Crippen LogP contribution >= 0.6 is 0 Å². The molecule has 0 aliphatic heterocycles. The highest BCUT2D eigenvalue weighted by molar-refractivity contribution is 5.37. The Kier molecular flexibility index (Phi) is 4.71. The molecule has 0 unspecified atom stereocenters. The summed E-state index contributed by atoms with van der Waals surface area (Å²) in [5.74, 6) is -0.0871. The highest BCUT2D eigenvalue weighted by Gasteiger charge is 2.11. The van der Waals surface area contributed by atoms with Crippen LogP contribution in [-0.4, -0.2) is 18.1 Å². The number of halogens is 1. The SMILES string of the molecule is Cc1cccc(OCCOc2ccc([N+](=O)[O-])cc2F)c1. The largest absolute Gasteiger partial charge is 0.490 e. The molecular weight excluding hydrogens is 277 g/mol. The van der Waals surface area contributed by atoms with Crippen LogP contribution < -0.4 is 9.47 Å². The van der Waals surface area contributed by atoms with Gasteiger partial charge in [0.15, 0.2) is 11.6 Å². The summed E-state index contributed by atoms with van der Waals surface area (Å²) in [5.41, 5.74) is 0.769. The minimum absolute atomic E-state index is 0.0338. The molecule has 0 fully saturated rings. The molecule has 6 heteroatoms. The maximum atomic E-state index is 13.5. The number of hydrogen-bond acceptors (Lipinski definition) is 4. The van der Waals surface area contributed by atoms with E-state index in [0.717, 1.165) is 11.6 Å². The smallest absolute Gasteiger partial charge is 0.272 e. The van der Waals surface area contributed by atoms with Crippen molar-refractivity contribution < 1.29 is 18.8 Å². The van der Waals surface area contributed by atoms with Crippen LogP contribution in [0.15, 0.2) is 42.5 Å². The predicted molar refractivity (Wildman–Crippen MR) is 75.2 cm³/mol. The summed E-state index contributed by atoms with van der Waals surface area (Å²) < 4.78 is 24.2. The lowest BCUT2D eigenvalue weighted by molar-refractivity contribution is -0.385. The Morgan fingerprint density at radius 1 is 1.14 bits per heavy atom. The summed E-state index contributed by atoms with van der Waals surface area (Å²) in [6.45, 7) is 2.35. The molecule has 0 radical (unpaired) electrons. The highest BCUT2D eigenvalue weighted by atomic mass is 19.1. The zero-order valence-corrected chi connectivity index (χ0v) is 11.4. The monoisotopic (exact) mass is 291 g/mol. The number of hydrogen-bond donors (Lipinski definition) is 0. The van der Waals surface area contributed by atoms with Crippen LogP contribution in [0.25, 0.3) is 0 Å². The van der Waals surface area contributed by atoms with Crippen molar-refractivity contribution in [1.29, 1.82) is 0 Å². The third-order valence-corrected chi connectivity index (χ3v) is 2.73. The van der Waals surface area contributed by atoms with Crippen molar-refractivity contribution in [2.45, 2.75) is 6.92 Å². The molecule has 0 bridgehead atoms. The number of nitro benzene ring substituents is 1. The van der Waals surface area contributed by atoms with E-state index in [0.29, 0.717) is 5.75 Å². The number of nitro groups is 1. The van der Waals surface area contributed by atoms with E-state index in [9.17, 15) is 14.5 Å². The highest BCUT2D eigenvalue weighted by Crippen LogP contribution is 2.22. The summed E-state index contributed by atoms with van der Waals surface area (Å²) in [7, 11) is 0. The fourth-order valence-electron chi connectivity index (χ4n) is 1.74. The van der Waals surface area contributed by atoms with E-state index >= 15 is 0 Å². The van der Waals surface area contributed by atoms with Crippen LogP contribution in [0.5, 0.6) is 11.5 Å². The Hall–Kier alpha value is -2.63. The van der Waals surface area contributed by atoms with Crippen molar-refractivity contribution in [1.82, 2.24) is 0 Å². The van der Waals surface area contributed by atoms with Gasteiger partial charge in [-0.05, 0) is 30.7 Å². The van der Waals surface area contributed by atoms with E-state index in [2.05, 4.69) is 0 Å². The minimum atomic E-state index is -0.764. The summed E-state index contributed by atoms with van der Waals surface area (Å²) in [6, 6.07) is 10.8. The Morgan fingerprint density at radius 2 is 1.90 bits per heavy atom. The number of nitrogens with zero attached hydrogens (tertiary/aromatic N) is 1. The van der Waals surface area contributed by atoms with Gasteiger partial charge in [-0.2, -0.15) is 0 Å². The average Bonchev–Trinajstić information content (AvgIpc) is 2.45. The van der Waals surface area contributed by atoms with Gasteiger partial charge in [-0.1, -0.05) is 12.1 Å². The van der Waals surface area contributed by atoms with Gasteiger partial charge in [0.1, 0.15) is 19.0 Å². The summed E-state index contributed by atoms with van der Waals surface area (Å²) in [5, 5.41) is 10.5. The molecule has 5 nitrogen and oxygen atoms in total. The lowest BCUT2D eigenvalue weighted by atomic mass is 10.2. The average molecular weight is 291 g/mol. The minimum Gasteiger partial charge on any atom is -0.490 e. The van der Waals surface area contributed by atoms with Crippen molar-refractivity contribution in [3.05, 3.63) is 64.0 Å². The van der Waals surface area contributed by atoms with Gasteiger partial charge in [0, 0.05) is 6.07 Å². The van der Waals surface area contributed by atoms with Gasteiger partial charge in [0.25, 0.3) is 5.69 Å². The quantitative estimate of drug-likeness (QED) is 0.464. The first-order valence-corrected chi connectivity index (χ1v) is 6.32. The predicted octanol–water partition coefficient (Wildman–Crippen LogP) is 3.50. The number of benzene rings is 2. The number of ether oxygens (including phenoxy) is 2. The molecular formula is C15H14FNO4. The first-order valence-electron chi connectivity index (χ1n) is 6.32. The molecule has 0 aliphatic carbocycles. The number of non-ortho nitro benzene ring substituents is 1. The molecule has 0 atom stereocenters. The van der Waals surface area contributed by atoms with E-state index < -0.39 is 10.7 Å². The maximum absolute atomic E-state index is 13.5. The Morgan fingerprint density at radius 3 is 2.57 bits per heavy atom. The van der Waals surface area contributed by atoms with E-state index in [1.165, 1.54) is 12.1 Å². The molecule has 0 amide bonds. The second kappa shape index (κ2) is 6.69. The molecule has 21 heavy (non-hydrogen) atoms. The van der Waals surface area contributed by atoms with Gasteiger partial charge < -0.3 is 9.47 Å². The molecule has 0 N–H and O–H groups in total. The molecule has 2 aromatic carbocycles. The normalized spacial score (nSPS) is 10.2. The molecule has 0 aromatic heterocycles. The fourth-order valence-corrected chi connectivity index (χ4v) is 1.74. The molecule has 110 valence electrons. The molecule has 0 heterocycles. The lowest BCUT2D eigenvalue weighted by Crippen LogP contribution is -2.09. The van der Waals surface area contributed by atoms with Crippen molar-refractivity contribution >= 4 is 5.69 Å². The molecule has 0 saturated carbocycles. The van der Waals surface area contributed by atoms with Gasteiger partial charge in [-0.15, -0.1) is 0 Å². The Balaban J connectivity index is 1.85. The lowest BCUT2D eigenvalue weighted by Gasteiger charge is -2.09. The van der Waals surface area contributed by atoms with Gasteiger partial charge >= 0.3 is 0 Å². The molecule has 0 spiro atoms.